The van der Waals surface area contributed by atoms with E-state index in [9.17, 15) is 8.42 Å². The predicted octanol–water partition coefficient (Wildman–Crippen LogP) is 4.82. The lowest BCUT2D eigenvalue weighted by atomic mass is 9.99. The second kappa shape index (κ2) is 11.1. The minimum Gasteiger partial charge on any atom is -0.370 e. The van der Waals surface area contributed by atoms with Gasteiger partial charge < -0.3 is 11.1 Å². The van der Waals surface area contributed by atoms with Gasteiger partial charge >= 0.3 is 0 Å². The molecule has 1 atom stereocenters. The summed E-state index contributed by atoms with van der Waals surface area (Å²) in [4.78, 5) is 4.54. The van der Waals surface area contributed by atoms with Gasteiger partial charge in [0.1, 0.15) is 0 Å². The molecule has 0 saturated heterocycles. The zero-order valence-corrected chi connectivity index (χ0v) is 21.4. The summed E-state index contributed by atoms with van der Waals surface area (Å²) in [5.41, 5.74) is 8.14. The molecule has 0 aliphatic carbocycles. The minimum absolute atomic E-state index is 0. The highest BCUT2D eigenvalue weighted by Gasteiger charge is 2.24. The molecule has 0 bridgehead atoms. The molecule has 0 spiro atoms. The van der Waals surface area contributed by atoms with Crippen molar-refractivity contribution in [3.8, 4) is 0 Å². The molecule has 0 saturated carbocycles. The van der Waals surface area contributed by atoms with Crippen LogP contribution in [0.2, 0.25) is 0 Å². The van der Waals surface area contributed by atoms with Crippen molar-refractivity contribution in [3.63, 3.8) is 0 Å². The van der Waals surface area contributed by atoms with Gasteiger partial charge in [-0.15, -0.1) is 24.0 Å². The second-order valence-electron chi connectivity index (χ2n) is 8.22. The van der Waals surface area contributed by atoms with E-state index in [2.05, 4.69) is 41.0 Å². The normalized spacial score (nSPS) is 13.4. The highest BCUT2D eigenvalue weighted by molar-refractivity contribution is 14.0. The van der Waals surface area contributed by atoms with Gasteiger partial charge in [0.05, 0.1) is 11.4 Å². The summed E-state index contributed by atoms with van der Waals surface area (Å²) in [5, 5.41) is 3.06. The Morgan fingerprint density at radius 3 is 2.27 bits per heavy atom. The molecule has 6 nitrogen and oxygen atoms in total. The molecule has 166 valence electrons. The summed E-state index contributed by atoms with van der Waals surface area (Å²) < 4.78 is 28.1. The lowest BCUT2D eigenvalue weighted by Gasteiger charge is -2.21. The van der Waals surface area contributed by atoms with Crippen molar-refractivity contribution in [1.29, 1.82) is 0 Å². The number of rotatable bonds is 7. The van der Waals surface area contributed by atoms with Gasteiger partial charge in [0, 0.05) is 11.2 Å². The molecule has 1 unspecified atom stereocenters. The fraction of sp³-hybridized carbons (Fsp3) is 0.409. The van der Waals surface area contributed by atoms with Crippen LogP contribution in [0.15, 0.2) is 58.4 Å². The lowest BCUT2D eigenvalue weighted by molar-refractivity contribution is 0.491. The van der Waals surface area contributed by atoms with E-state index < -0.39 is 15.6 Å². The van der Waals surface area contributed by atoms with Gasteiger partial charge in [-0.05, 0) is 62.4 Å². The zero-order chi connectivity index (χ0) is 21.7. The van der Waals surface area contributed by atoms with Crippen molar-refractivity contribution in [1.82, 2.24) is 4.72 Å². The fourth-order valence-electron chi connectivity index (χ4n) is 2.84. The quantitative estimate of drug-likeness (QED) is 0.265. The average molecular weight is 545 g/mol. The van der Waals surface area contributed by atoms with Crippen molar-refractivity contribution in [2.75, 3.05) is 5.32 Å². The van der Waals surface area contributed by atoms with Crippen LogP contribution in [0.25, 0.3) is 0 Å². The number of sulfonamides is 1. The molecule has 2 aromatic rings. The summed E-state index contributed by atoms with van der Waals surface area (Å²) in [5.74, 6) is 0.743. The molecule has 2 aromatic carbocycles. The fourth-order valence-corrected chi connectivity index (χ4v) is 4.49. The maximum Gasteiger partial charge on any atom is 0.241 e. The predicted molar refractivity (Wildman–Crippen MR) is 136 cm³/mol. The number of hydrogen-bond donors (Lipinski definition) is 3. The standard InChI is InChI=1S/C22H32N4O2S.HI/c1-6-16(2)17-11-13-19(14-12-17)25-21(23)24-15-18-9-7-8-10-20(18)29(27,28)26-22(3,4)5;/h7-14,16,26H,6,15H2,1-5H3,(H3,23,24,25);1H. The van der Waals surface area contributed by atoms with E-state index in [0.717, 1.165) is 12.1 Å². The van der Waals surface area contributed by atoms with Crippen LogP contribution < -0.4 is 15.8 Å². The lowest BCUT2D eigenvalue weighted by Crippen LogP contribution is -2.40. The number of nitrogens with one attached hydrogen (secondary N) is 2. The molecular formula is C22H33IN4O2S. The first kappa shape index (κ1) is 26.4. The molecular weight excluding hydrogens is 511 g/mol. The summed E-state index contributed by atoms with van der Waals surface area (Å²) >= 11 is 0. The molecule has 0 radical (unpaired) electrons. The van der Waals surface area contributed by atoms with Crippen molar-refractivity contribution in [2.45, 2.75) is 63.9 Å². The Balaban J connectivity index is 0.00000450. The number of benzene rings is 2. The molecule has 0 fully saturated rings. The van der Waals surface area contributed by atoms with Crippen LogP contribution in [0, 0.1) is 0 Å². The third kappa shape index (κ3) is 7.88. The summed E-state index contributed by atoms with van der Waals surface area (Å²) in [7, 11) is -3.65. The number of nitrogens with two attached hydrogens (primary N) is 1. The van der Waals surface area contributed by atoms with Gasteiger partial charge in [-0.25, -0.2) is 18.1 Å². The van der Waals surface area contributed by atoms with Gasteiger partial charge in [0.15, 0.2) is 5.96 Å². The zero-order valence-electron chi connectivity index (χ0n) is 18.3. The molecule has 0 aromatic heterocycles. The van der Waals surface area contributed by atoms with E-state index in [1.807, 2.05) is 12.1 Å². The molecule has 4 N–H and O–H groups in total. The van der Waals surface area contributed by atoms with E-state index in [4.69, 9.17) is 5.73 Å². The summed E-state index contributed by atoms with van der Waals surface area (Å²) in [6, 6.07) is 14.9. The molecule has 0 amide bonds. The number of nitrogens with zero attached hydrogens (tertiary/aromatic N) is 1. The average Bonchev–Trinajstić information content (AvgIpc) is 2.64. The van der Waals surface area contributed by atoms with Crippen LogP contribution in [-0.2, 0) is 16.6 Å². The topological polar surface area (TPSA) is 96.6 Å². The van der Waals surface area contributed by atoms with E-state index >= 15 is 0 Å². The highest BCUT2D eigenvalue weighted by atomic mass is 127. The Hall–Kier alpha value is -1.65. The third-order valence-corrected chi connectivity index (χ3v) is 6.35. The van der Waals surface area contributed by atoms with Crippen molar-refractivity contribution >= 4 is 45.6 Å². The van der Waals surface area contributed by atoms with Crippen LogP contribution in [0.1, 0.15) is 58.1 Å². The molecule has 0 heterocycles. The van der Waals surface area contributed by atoms with Gasteiger partial charge in [-0.3, -0.25) is 0 Å². The van der Waals surface area contributed by atoms with Gasteiger partial charge in [0.2, 0.25) is 10.0 Å². The van der Waals surface area contributed by atoms with Crippen LogP contribution in [0.3, 0.4) is 0 Å². The number of halogens is 1. The van der Waals surface area contributed by atoms with Crippen LogP contribution >= 0.6 is 24.0 Å². The summed E-state index contributed by atoms with van der Waals surface area (Å²) in [6.07, 6.45) is 1.09. The Labute approximate surface area is 197 Å². The van der Waals surface area contributed by atoms with Crippen molar-refractivity contribution < 1.29 is 8.42 Å². The number of hydrogen-bond acceptors (Lipinski definition) is 3. The van der Waals surface area contributed by atoms with Crippen molar-refractivity contribution in [2.24, 2.45) is 10.7 Å². The monoisotopic (exact) mass is 544 g/mol. The first-order valence-electron chi connectivity index (χ1n) is 9.80. The van der Waals surface area contributed by atoms with E-state index in [-0.39, 0.29) is 41.4 Å². The minimum atomic E-state index is -3.65. The number of aliphatic imine (C=N–C) groups is 1. The number of guanidine groups is 1. The first-order chi connectivity index (χ1) is 13.5. The van der Waals surface area contributed by atoms with Crippen LogP contribution in [0.4, 0.5) is 5.69 Å². The smallest absolute Gasteiger partial charge is 0.241 e. The maximum absolute atomic E-state index is 12.7. The molecule has 8 heteroatoms. The van der Waals surface area contributed by atoms with Gasteiger partial charge in [-0.1, -0.05) is 44.2 Å². The Kier molecular flexibility index (Phi) is 9.77. The van der Waals surface area contributed by atoms with Gasteiger partial charge in [-0.2, -0.15) is 0 Å². The Morgan fingerprint density at radius 2 is 1.70 bits per heavy atom. The molecule has 2 rings (SSSR count). The second-order valence-corrected chi connectivity index (χ2v) is 9.87. The summed E-state index contributed by atoms with van der Waals surface area (Å²) in [6.45, 7) is 9.93. The number of anilines is 1. The Bertz CT molecular complexity index is 952. The van der Waals surface area contributed by atoms with Crippen LogP contribution in [-0.4, -0.2) is 19.9 Å². The van der Waals surface area contributed by atoms with E-state index in [1.54, 1.807) is 45.0 Å². The maximum atomic E-state index is 12.7. The highest BCUT2D eigenvalue weighted by Crippen LogP contribution is 2.21. The SMILES string of the molecule is CCC(C)c1ccc(NC(N)=NCc2ccccc2S(=O)(=O)NC(C)(C)C)cc1.I. The molecule has 30 heavy (non-hydrogen) atoms. The first-order valence-corrected chi connectivity index (χ1v) is 11.3. The largest absolute Gasteiger partial charge is 0.370 e. The Morgan fingerprint density at radius 1 is 1.10 bits per heavy atom. The van der Waals surface area contributed by atoms with Crippen LogP contribution in [0.5, 0.6) is 0 Å². The van der Waals surface area contributed by atoms with Gasteiger partial charge in [0.25, 0.3) is 0 Å². The molecule has 0 aliphatic rings. The third-order valence-electron chi connectivity index (χ3n) is 4.49. The van der Waals surface area contributed by atoms with Crippen molar-refractivity contribution in [3.05, 3.63) is 59.7 Å². The van der Waals surface area contributed by atoms with E-state index in [0.29, 0.717) is 11.5 Å². The molecule has 0 aliphatic heterocycles. The van der Waals surface area contributed by atoms with E-state index in [1.165, 1.54) is 5.56 Å².